The molecule has 0 saturated carbocycles. The van der Waals surface area contributed by atoms with Crippen LogP contribution in [0.25, 0.3) is 11.1 Å². The van der Waals surface area contributed by atoms with Crippen molar-refractivity contribution in [3.8, 4) is 16.9 Å². The van der Waals surface area contributed by atoms with Crippen molar-refractivity contribution in [1.29, 1.82) is 0 Å². The molecule has 0 aromatic heterocycles. The van der Waals surface area contributed by atoms with Crippen molar-refractivity contribution < 1.29 is 9.32 Å². The van der Waals surface area contributed by atoms with Crippen LogP contribution in [0.1, 0.15) is 0 Å². The number of aromatic hydroxyl groups is 1. The summed E-state index contributed by atoms with van der Waals surface area (Å²) in [7, 11) is -2.15. The number of benzene rings is 2. The topological polar surface area (TPSA) is 37.3 Å². The average molecular weight is 246 g/mol. The monoisotopic (exact) mass is 246 g/mol. The molecule has 0 spiro atoms. The van der Waals surface area contributed by atoms with Crippen LogP contribution in [0, 0.1) is 0 Å². The van der Waals surface area contributed by atoms with Gasteiger partial charge in [-0.1, -0.05) is 24.3 Å². The Kier molecular flexibility index (Phi) is 2.94. The summed E-state index contributed by atoms with van der Waals surface area (Å²) >= 11 is 0. The van der Waals surface area contributed by atoms with Crippen LogP contribution in [-0.4, -0.2) is 21.4 Å². The second-order valence-electron chi connectivity index (χ2n) is 4.08. The predicted molar refractivity (Wildman–Crippen MR) is 73.0 cm³/mol. The Morgan fingerprint density at radius 2 is 1.35 bits per heavy atom. The minimum atomic E-state index is -2.15. The standard InChI is InChI=1S/C14H14O2S/c1-17(2,16)14-9-5-12(6-10-14)11-3-7-13(15)8-4-11/h3-10,15H,1H2,2H3. The molecule has 17 heavy (non-hydrogen) atoms. The van der Waals surface area contributed by atoms with Crippen LogP contribution in [0.15, 0.2) is 53.4 Å². The smallest absolute Gasteiger partial charge is 0.115 e. The molecule has 3 heteroatoms. The van der Waals surface area contributed by atoms with Crippen LogP contribution in [0.5, 0.6) is 5.75 Å². The van der Waals surface area contributed by atoms with E-state index in [4.69, 9.17) is 0 Å². The molecular formula is C14H14O2S. The summed E-state index contributed by atoms with van der Waals surface area (Å²) in [6.07, 6.45) is 1.63. The van der Waals surface area contributed by atoms with Crippen molar-refractivity contribution in [2.24, 2.45) is 0 Å². The maximum Gasteiger partial charge on any atom is 0.115 e. The van der Waals surface area contributed by atoms with Gasteiger partial charge in [-0.3, -0.25) is 4.21 Å². The van der Waals surface area contributed by atoms with Crippen LogP contribution in [-0.2, 0) is 9.52 Å². The van der Waals surface area contributed by atoms with E-state index < -0.39 is 9.52 Å². The lowest BCUT2D eigenvalue weighted by Crippen LogP contribution is -1.95. The van der Waals surface area contributed by atoms with Crippen LogP contribution >= 0.6 is 0 Å². The first-order chi connectivity index (χ1) is 7.97. The molecule has 0 saturated heterocycles. The van der Waals surface area contributed by atoms with Crippen molar-refractivity contribution in [3.63, 3.8) is 0 Å². The van der Waals surface area contributed by atoms with Gasteiger partial charge in [0.15, 0.2) is 0 Å². The average Bonchev–Trinajstić information content (AvgIpc) is 2.29. The summed E-state index contributed by atoms with van der Waals surface area (Å²) < 4.78 is 11.7. The predicted octanol–water partition coefficient (Wildman–Crippen LogP) is 2.76. The molecular weight excluding hydrogens is 232 g/mol. The van der Waals surface area contributed by atoms with Crippen LogP contribution in [0.4, 0.5) is 0 Å². The van der Waals surface area contributed by atoms with Crippen molar-refractivity contribution in [1.82, 2.24) is 0 Å². The van der Waals surface area contributed by atoms with E-state index in [0.29, 0.717) is 0 Å². The van der Waals surface area contributed by atoms with E-state index in [1.165, 1.54) is 0 Å². The zero-order valence-corrected chi connectivity index (χ0v) is 10.4. The van der Waals surface area contributed by atoms with E-state index in [9.17, 15) is 9.32 Å². The molecule has 1 unspecified atom stereocenters. The molecule has 0 aliphatic carbocycles. The summed E-state index contributed by atoms with van der Waals surface area (Å²) in [5.41, 5.74) is 2.04. The second-order valence-corrected chi connectivity index (χ2v) is 6.56. The Labute approximate surface area is 102 Å². The third kappa shape index (κ3) is 2.68. The van der Waals surface area contributed by atoms with E-state index >= 15 is 0 Å². The first kappa shape index (κ1) is 11.7. The van der Waals surface area contributed by atoms with Crippen LogP contribution < -0.4 is 0 Å². The fraction of sp³-hybridized carbons (Fsp3) is 0.0714. The van der Waals surface area contributed by atoms with Gasteiger partial charge in [0.05, 0.1) is 0 Å². The maximum atomic E-state index is 11.7. The quantitative estimate of drug-likeness (QED) is 0.827. The van der Waals surface area contributed by atoms with Gasteiger partial charge in [0.2, 0.25) is 0 Å². The Morgan fingerprint density at radius 3 is 1.76 bits per heavy atom. The van der Waals surface area contributed by atoms with E-state index in [0.717, 1.165) is 16.0 Å². The minimum Gasteiger partial charge on any atom is -0.508 e. The molecule has 0 amide bonds. The summed E-state index contributed by atoms with van der Waals surface area (Å²) in [4.78, 5) is 0.750. The lowest BCUT2D eigenvalue weighted by molar-refractivity contribution is 0.475. The van der Waals surface area contributed by atoms with Crippen molar-refractivity contribution in [2.75, 3.05) is 6.26 Å². The largest absolute Gasteiger partial charge is 0.508 e. The maximum absolute atomic E-state index is 11.7. The van der Waals surface area contributed by atoms with Gasteiger partial charge in [0, 0.05) is 11.2 Å². The highest BCUT2D eigenvalue weighted by Gasteiger charge is 2.02. The highest BCUT2D eigenvalue weighted by Crippen LogP contribution is 2.23. The first-order valence-electron chi connectivity index (χ1n) is 5.18. The number of phenolic OH excluding ortho intramolecular Hbond substituents is 1. The Morgan fingerprint density at radius 1 is 0.941 bits per heavy atom. The molecule has 0 radical (unpaired) electrons. The van der Waals surface area contributed by atoms with Gasteiger partial charge in [0.1, 0.15) is 5.75 Å². The molecule has 2 rings (SSSR count). The van der Waals surface area contributed by atoms with Crippen LogP contribution in [0.3, 0.4) is 0 Å². The molecule has 0 aliphatic rings. The van der Waals surface area contributed by atoms with Crippen molar-refractivity contribution >= 4 is 15.4 Å². The SMILES string of the molecule is C=S(C)(=O)c1ccc(-c2ccc(O)cc2)cc1. The number of hydrogen-bond acceptors (Lipinski definition) is 2. The molecule has 2 nitrogen and oxygen atoms in total. The Balaban J connectivity index is 2.39. The van der Waals surface area contributed by atoms with Gasteiger partial charge in [-0.2, -0.15) is 0 Å². The molecule has 0 aliphatic heterocycles. The summed E-state index contributed by atoms with van der Waals surface area (Å²) in [5.74, 6) is 3.90. The molecule has 0 heterocycles. The van der Waals surface area contributed by atoms with Gasteiger partial charge in [-0.15, -0.1) is 0 Å². The van der Waals surface area contributed by atoms with E-state index in [1.807, 2.05) is 36.4 Å². The molecule has 88 valence electrons. The Hall–Kier alpha value is -1.74. The lowest BCUT2D eigenvalue weighted by atomic mass is 10.1. The van der Waals surface area contributed by atoms with Crippen LogP contribution in [0.2, 0.25) is 0 Å². The van der Waals surface area contributed by atoms with E-state index in [1.54, 1.807) is 18.4 Å². The van der Waals surface area contributed by atoms with Gasteiger partial charge >= 0.3 is 0 Å². The summed E-state index contributed by atoms with van der Waals surface area (Å²) in [5, 5.41) is 9.21. The highest BCUT2D eigenvalue weighted by molar-refractivity contribution is 7.99. The van der Waals surface area contributed by atoms with E-state index in [2.05, 4.69) is 5.87 Å². The zero-order valence-electron chi connectivity index (χ0n) is 9.59. The number of phenols is 1. The first-order valence-corrected chi connectivity index (χ1v) is 7.32. The van der Waals surface area contributed by atoms with Gasteiger partial charge < -0.3 is 5.11 Å². The Bertz CT molecular complexity index is 608. The van der Waals surface area contributed by atoms with Crippen molar-refractivity contribution in [3.05, 3.63) is 48.5 Å². The molecule has 2 aromatic carbocycles. The third-order valence-electron chi connectivity index (χ3n) is 2.55. The highest BCUT2D eigenvalue weighted by atomic mass is 32.2. The van der Waals surface area contributed by atoms with Gasteiger partial charge in [-0.05, 0) is 50.8 Å². The number of rotatable bonds is 2. The summed E-state index contributed by atoms with van der Waals surface area (Å²) in [6.45, 7) is 0. The normalized spacial score (nSPS) is 14.2. The third-order valence-corrected chi connectivity index (χ3v) is 3.82. The molecule has 0 fully saturated rings. The molecule has 2 aromatic rings. The summed E-state index contributed by atoms with van der Waals surface area (Å²) in [6, 6.07) is 14.5. The number of hydrogen-bond donors (Lipinski definition) is 1. The van der Waals surface area contributed by atoms with E-state index in [-0.39, 0.29) is 5.75 Å². The lowest BCUT2D eigenvalue weighted by Gasteiger charge is -2.05. The van der Waals surface area contributed by atoms with Crippen molar-refractivity contribution in [2.45, 2.75) is 4.90 Å². The minimum absolute atomic E-state index is 0.250. The molecule has 1 atom stereocenters. The van der Waals surface area contributed by atoms with Gasteiger partial charge in [0.25, 0.3) is 0 Å². The second kappa shape index (κ2) is 4.26. The fourth-order valence-corrected chi connectivity index (χ4v) is 2.30. The zero-order chi connectivity index (χ0) is 12.5. The van der Waals surface area contributed by atoms with Gasteiger partial charge in [-0.25, -0.2) is 0 Å². The molecule has 0 bridgehead atoms. The molecule has 1 N–H and O–H groups in total. The fourth-order valence-electron chi connectivity index (χ4n) is 1.59.